The highest BCUT2D eigenvalue weighted by atomic mass is 16.3. The average molecular weight is 612 g/mol. The molecule has 0 unspecified atom stereocenters. The van der Waals surface area contributed by atoms with Gasteiger partial charge in [0.05, 0.1) is 0 Å². The number of hydrogen-bond acceptors (Lipinski definition) is 2. The van der Waals surface area contributed by atoms with Gasteiger partial charge in [-0.3, -0.25) is 0 Å². The predicted octanol–water partition coefficient (Wildman–Crippen LogP) is 13.3. The molecule has 0 amide bonds. The second-order valence-corrected chi connectivity index (χ2v) is 14.0. The number of anilines is 3. The van der Waals surface area contributed by atoms with Gasteiger partial charge in [0, 0.05) is 33.9 Å². The molecule has 0 saturated heterocycles. The molecule has 0 N–H and O–H groups in total. The van der Waals surface area contributed by atoms with E-state index in [2.05, 4.69) is 159 Å². The van der Waals surface area contributed by atoms with Crippen molar-refractivity contribution in [2.24, 2.45) is 0 Å². The SMILES string of the molecule is CC(C)(C)c1cccc(-c2ccccc2)c1-c1ccc(N(c2ccc3c(c2)oc2ccccc23)c2ccccc2C2CCCC2)cc1. The fourth-order valence-corrected chi connectivity index (χ4v) is 7.68. The normalized spacial score (nSPS) is 13.9. The lowest BCUT2D eigenvalue weighted by molar-refractivity contribution is 0.592. The predicted molar refractivity (Wildman–Crippen MR) is 199 cm³/mol. The van der Waals surface area contributed by atoms with Gasteiger partial charge < -0.3 is 9.32 Å². The Morgan fingerprint density at radius 2 is 1.26 bits per heavy atom. The molecule has 0 bridgehead atoms. The summed E-state index contributed by atoms with van der Waals surface area (Å²) in [5.74, 6) is 0.579. The van der Waals surface area contributed by atoms with Gasteiger partial charge in [0.25, 0.3) is 0 Å². The van der Waals surface area contributed by atoms with Crippen molar-refractivity contribution in [1.29, 1.82) is 0 Å². The zero-order chi connectivity index (χ0) is 32.0. The van der Waals surface area contributed by atoms with Crippen LogP contribution in [0.25, 0.3) is 44.2 Å². The quantitative estimate of drug-likeness (QED) is 0.186. The topological polar surface area (TPSA) is 16.4 Å². The van der Waals surface area contributed by atoms with Crippen LogP contribution in [0.5, 0.6) is 0 Å². The van der Waals surface area contributed by atoms with Gasteiger partial charge in [0.2, 0.25) is 0 Å². The van der Waals surface area contributed by atoms with Crippen molar-refractivity contribution >= 4 is 39.0 Å². The molecule has 47 heavy (non-hydrogen) atoms. The largest absolute Gasteiger partial charge is 0.456 e. The third kappa shape index (κ3) is 5.42. The first-order valence-corrected chi connectivity index (χ1v) is 17.1. The Morgan fingerprint density at radius 3 is 2.04 bits per heavy atom. The Balaban J connectivity index is 1.30. The van der Waals surface area contributed by atoms with Crippen molar-refractivity contribution in [1.82, 2.24) is 0 Å². The molecule has 1 fully saturated rings. The summed E-state index contributed by atoms with van der Waals surface area (Å²) in [5.41, 5.74) is 13.2. The summed E-state index contributed by atoms with van der Waals surface area (Å²) in [6.07, 6.45) is 5.10. The number of fused-ring (bicyclic) bond motifs is 3. The highest BCUT2D eigenvalue weighted by molar-refractivity contribution is 6.06. The van der Waals surface area contributed by atoms with Gasteiger partial charge in [-0.2, -0.15) is 0 Å². The third-order valence-electron chi connectivity index (χ3n) is 9.96. The molecule has 1 aromatic heterocycles. The van der Waals surface area contributed by atoms with Gasteiger partial charge in [-0.25, -0.2) is 0 Å². The first kappa shape index (κ1) is 29.3. The van der Waals surface area contributed by atoms with Crippen LogP contribution in [0.3, 0.4) is 0 Å². The maximum atomic E-state index is 6.40. The summed E-state index contributed by atoms with van der Waals surface area (Å²) >= 11 is 0. The molecule has 2 nitrogen and oxygen atoms in total. The van der Waals surface area contributed by atoms with Crippen LogP contribution in [0.15, 0.2) is 144 Å². The molecule has 232 valence electrons. The number of hydrogen-bond donors (Lipinski definition) is 0. The molecule has 0 radical (unpaired) electrons. The van der Waals surface area contributed by atoms with E-state index in [0.717, 1.165) is 33.3 Å². The lowest BCUT2D eigenvalue weighted by Crippen LogP contribution is -2.14. The second-order valence-electron chi connectivity index (χ2n) is 14.0. The monoisotopic (exact) mass is 611 g/mol. The van der Waals surface area contributed by atoms with E-state index >= 15 is 0 Å². The van der Waals surface area contributed by atoms with Crippen LogP contribution in [0.1, 0.15) is 63.5 Å². The molecule has 0 spiro atoms. The zero-order valence-corrected chi connectivity index (χ0v) is 27.5. The van der Waals surface area contributed by atoms with Crippen LogP contribution in [0.2, 0.25) is 0 Å². The molecule has 1 aliphatic carbocycles. The van der Waals surface area contributed by atoms with Crippen LogP contribution < -0.4 is 4.90 Å². The second kappa shape index (κ2) is 11.9. The minimum atomic E-state index is -0.00690. The Morgan fingerprint density at radius 1 is 0.574 bits per heavy atom. The highest BCUT2D eigenvalue weighted by Gasteiger charge is 2.25. The molecular formula is C45H41NO. The minimum absolute atomic E-state index is 0.00690. The van der Waals surface area contributed by atoms with Crippen molar-refractivity contribution in [3.63, 3.8) is 0 Å². The summed E-state index contributed by atoms with van der Waals surface area (Å²) in [6, 6.07) is 50.8. The van der Waals surface area contributed by atoms with E-state index in [-0.39, 0.29) is 5.41 Å². The van der Waals surface area contributed by atoms with Crippen molar-refractivity contribution in [2.75, 3.05) is 4.90 Å². The van der Waals surface area contributed by atoms with Crippen molar-refractivity contribution < 1.29 is 4.42 Å². The molecular weight excluding hydrogens is 571 g/mol. The van der Waals surface area contributed by atoms with E-state index in [1.807, 2.05) is 6.07 Å². The Hall–Kier alpha value is -5.08. The fourth-order valence-electron chi connectivity index (χ4n) is 7.68. The van der Waals surface area contributed by atoms with Crippen LogP contribution in [0, 0.1) is 0 Å². The van der Waals surface area contributed by atoms with E-state index in [9.17, 15) is 0 Å². The van der Waals surface area contributed by atoms with Gasteiger partial charge in [-0.15, -0.1) is 0 Å². The molecule has 8 rings (SSSR count). The molecule has 0 atom stereocenters. The van der Waals surface area contributed by atoms with Crippen molar-refractivity contribution in [3.05, 3.63) is 151 Å². The number of benzene rings is 6. The summed E-state index contributed by atoms with van der Waals surface area (Å²) in [5, 5.41) is 2.30. The molecule has 6 aromatic carbocycles. The minimum Gasteiger partial charge on any atom is -0.456 e. The zero-order valence-electron chi connectivity index (χ0n) is 27.5. The van der Waals surface area contributed by atoms with E-state index < -0.39 is 0 Å². The first-order chi connectivity index (χ1) is 23.0. The average Bonchev–Trinajstić information content (AvgIpc) is 3.77. The van der Waals surface area contributed by atoms with Crippen LogP contribution in [-0.2, 0) is 5.41 Å². The number of para-hydroxylation sites is 2. The third-order valence-corrected chi connectivity index (χ3v) is 9.96. The number of furan rings is 1. The summed E-state index contributed by atoms with van der Waals surface area (Å²) in [7, 11) is 0. The first-order valence-electron chi connectivity index (χ1n) is 17.1. The molecule has 1 saturated carbocycles. The molecule has 1 aliphatic rings. The van der Waals surface area contributed by atoms with Gasteiger partial charge in [0.15, 0.2) is 0 Å². The van der Waals surface area contributed by atoms with Gasteiger partial charge in [-0.05, 0) is 94.0 Å². The van der Waals surface area contributed by atoms with E-state index in [4.69, 9.17) is 4.42 Å². The molecule has 2 heteroatoms. The highest BCUT2D eigenvalue weighted by Crippen LogP contribution is 2.46. The Labute approximate surface area is 278 Å². The van der Waals surface area contributed by atoms with Crippen molar-refractivity contribution in [3.8, 4) is 22.3 Å². The molecule has 7 aromatic rings. The van der Waals surface area contributed by atoms with Crippen LogP contribution in [-0.4, -0.2) is 0 Å². The van der Waals surface area contributed by atoms with Crippen LogP contribution >= 0.6 is 0 Å². The summed E-state index contributed by atoms with van der Waals surface area (Å²) in [4.78, 5) is 2.44. The van der Waals surface area contributed by atoms with Gasteiger partial charge in [0.1, 0.15) is 11.2 Å². The number of rotatable bonds is 6. The smallest absolute Gasteiger partial charge is 0.137 e. The summed E-state index contributed by atoms with van der Waals surface area (Å²) in [6.45, 7) is 6.93. The summed E-state index contributed by atoms with van der Waals surface area (Å²) < 4.78 is 6.40. The lowest BCUT2D eigenvalue weighted by Gasteiger charge is -2.30. The molecule has 0 aliphatic heterocycles. The number of nitrogens with zero attached hydrogens (tertiary/aromatic N) is 1. The van der Waals surface area contributed by atoms with Crippen molar-refractivity contribution in [2.45, 2.75) is 57.8 Å². The van der Waals surface area contributed by atoms with E-state index in [0.29, 0.717) is 5.92 Å². The maximum absolute atomic E-state index is 6.40. The van der Waals surface area contributed by atoms with Gasteiger partial charge in [-0.1, -0.05) is 131 Å². The lowest BCUT2D eigenvalue weighted by atomic mass is 9.79. The standard InChI is InChI=1S/C45H41NO/c1-45(2,3)40-21-13-20-37(32-14-5-4-6-15-32)44(40)33-24-26-34(27-25-33)46(41-22-11-9-18-36(41)31-16-7-8-17-31)35-28-29-39-38-19-10-12-23-42(38)47-43(39)30-35/h4-6,9-15,18-31H,7-8,16-17H2,1-3H3. The Bertz CT molecular complexity index is 2180. The molecule has 1 heterocycles. The maximum Gasteiger partial charge on any atom is 0.137 e. The van der Waals surface area contributed by atoms with Gasteiger partial charge >= 0.3 is 0 Å². The Kier molecular flexibility index (Phi) is 7.45. The van der Waals surface area contributed by atoms with E-state index in [1.165, 1.54) is 64.8 Å². The van der Waals surface area contributed by atoms with Crippen LogP contribution in [0.4, 0.5) is 17.1 Å². The fraction of sp³-hybridized carbons (Fsp3) is 0.200. The van der Waals surface area contributed by atoms with E-state index in [1.54, 1.807) is 0 Å².